The number of hydrogen-bond acceptors (Lipinski definition) is 5. The summed E-state index contributed by atoms with van der Waals surface area (Å²) in [5.41, 5.74) is 0. The number of rotatable bonds is 12. The summed E-state index contributed by atoms with van der Waals surface area (Å²) in [6.45, 7) is 11.8. The van der Waals surface area contributed by atoms with Crippen molar-refractivity contribution in [2.75, 3.05) is 33.5 Å². The van der Waals surface area contributed by atoms with Gasteiger partial charge in [-0.2, -0.15) is 0 Å². The van der Waals surface area contributed by atoms with Crippen molar-refractivity contribution >= 4 is 39.7 Å². The molecular weight excluding hydrogens is 407 g/mol. The zero-order valence-electron chi connectivity index (χ0n) is 14.8. The van der Waals surface area contributed by atoms with Crippen LogP contribution in [0.15, 0.2) is 0 Å². The molecule has 0 radical (unpaired) electrons. The standard InChI is InChI=1S/C13H31NO4P2SSe/c1-8-15-19(21,16-9-2)14(7)20(22,17-10-12(3)4)18-11-13(5)6/h12-13H,8-11H2,1-7H3. The average Bonchev–Trinajstić information content (AvgIpc) is 2.42. The van der Waals surface area contributed by atoms with Gasteiger partial charge in [-0.25, -0.2) is 0 Å². The zero-order chi connectivity index (χ0) is 17.4. The van der Waals surface area contributed by atoms with Gasteiger partial charge in [0.2, 0.25) is 0 Å². The minimum atomic E-state index is -2.62. The predicted octanol–water partition coefficient (Wildman–Crippen LogP) is 4.41. The first kappa shape index (κ1) is 23.4. The first-order chi connectivity index (χ1) is 10.1. The van der Waals surface area contributed by atoms with Crippen molar-refractivity contribution in [3.8, 4) is 0 Å². The fourth-order valence-electron chi connectivity index (χ4n) is 1.36. The maximum atomic E-state index is 6.10. The van der Waals surface area contributed by atoms with Crippen LogP contribution in [0.5, 0.6) is 0 Å². The van der Waals surface area contributed by atoms with Crippen LogP contribution in [0.4, 0.5) is 0 Å². The van der Waals surface area contributed by atoms with Crippen LogP contribution in [0.1, 0.15) is 41.5 Å². The minimum absolute atomic E-state index is 0.404. The zero-order valence-corrected chi connectivity index (χ0v) is 19.1. The van der Waals surface area contributed by atoms with E-state index in [2.05, 4.69) is 42.8 Å². The van der Waals surface area contributed by atoms with Crippen molar-refractivity contribution in [1.82, 2.24) is 4.44 Å². The van der Waals surface area contributed by atoms with E-state index in [1.165, 1.54) is 0 Å². The summed E-state index contributed by atoms with van der Waals surface area (Å²) in [6, 6.07) is 0. The summed E-state index contributed by atoms with van der Waals surface area (Å²) in [5.74, 6) is 0.807. The van der Waals surface area contributed by atoms with Gasteiger partial charge in [0.05, 0.1) is 0 Å². The van der Waals surface area contributed by atoms with Crippen molar-refractivity contribution in [1.29, 1.82) is 0 Å². The SMILES string of the molecule is CCOP(=S)(OCC)N(C)P(=[Se])(OCC(C)C)OCC(C)C. The molecule has 0 aliphatic heterocycles. The summed E-state index contributed by atoms with van der Waals surface area (Å²) in [4.78, 5) is 0. The Bertz CT molecular complexity index is 384. The third kappa shape index (κ3) is 7.98. The van der Waals surface area contributed by atoms with Crippen molar-refractivity contribution in [2.24, 2.45) is 11.8 Å². The molecule has 0 spiro atoms. The summed E-state index contributed by atoms with van der Waals surface area (Å²) in [6.07, 6.45) is -2.45. The third-order valence-electron chi connectivity index (χ3n) is 2.44. The van der Waals surface area contributed by atoms with Crippen LogP contribution in [0.3, 0.4) is 0 Å². The van der Waals surface area contributed by atoms with Crippen molar-refractivity contribution in [3.63, 3.8) is 0 Å². The number of nitrogens with zero attached hydrogens (tertiary/aromatic N) is 1. The van der Waals surface area contributed by atoms with Gasteiger partial charge < -0.3 is 0 Å². The number of hydrogen-bond donors (Lipinski definition) is 0. The fourth-order valence-corrected chi connectivity index (χ4v) is 10.5. The van der Waals surface area contributed by atoms with Gasteiger partial charge in [0.25, 0.3) is 0 Å². The Labute approximate surface area is 149 Å². The molecule has 0 heterocycles. The summed E-state index contributed by atoms with van der Waals surface area (Å²) >= 11 is 8.79. The molecule has 0 saturated carbocycles. The molecule has 134 valence electrons. The molecular formula is C13H31NO4P2SSe. The van der Waals surface area contributed by atoms with E-state index in [9.17, 15) is 0 Å². The second kappa shape index (κ2) is 11.1. The third-order valence-corrected chi connectivity index (χ3v) is 12.8. The Morgan fingerprint density at radius 3 is 1.55 bits per heavy atom. The first-order valence-corrected chi connectivity index (χ1v) is 14.0. The van der Waals surface area contributed by atoms with Gasteiger partial charge in [0, 0.05) is 0 Å². The Balaban J connectivity index is 5.33. The van der Waals surface area contributed by atoms with Crippen LogP contribution in [0, 0.1) is 11.8 Å². The average molecular weight is 438 g/mol. The summed E-state index contributed by atoms with van der Waals surface area (Å²) in [5, 5.41) is 0. The summed E-state index contributed by atoms with van der Waals surface area (Å²) in [7, 11) is 1.87. The van der Waals surface area contributed by atoms with Gasteiger partial charge in [-0.15, -0.1) is 0 Å². The van der Waals surface area contributed by atoms with Gasteiger partial charge >= 0.3 is 149 Å². The Morgan fingerprint density at radius 2 is 1.27 bits per heavy atom. The van der Waals surface area contributed by atoms with Crippen LogP contribution in [-0.2, 0) is 29.9 Å². The van der Waals surface area contributed by atoms with Crippen molar-refractivity contribution < 1.29 is 18.1 Å². The van der Waals surface area contributed by atoms with Crippen LogP contribution in [-0.4, -0.2) is 53.0 Å². The molecule has 0 aromatic heterocycles. The van der Waals surface area contributed by atoms with E-state index in [1.54, 1.807) is 0 Å². The molecule has 0 atom stereocenters. The molecule has 0 amide bonds. The van der Waals surface area contributed by atoms with Crippen molar-refractivity contribution in [3.05, 3.63) is 0 Å². The quantitative estimate of drug-likeness (QED) is 0.332. The normalized spacial score (nSPS) is 13.5. The molecule has 0 fully saturated rings. The van der Waals surface area contributed by atoms with Gasteiger partial charge in [0.1, 0.15) is 0 Å². The van der Waals surface area contributed by atoms with Crippen LogP contribution >= 0.6 is 12.8 Å². The van der Waals surface area contributed by atoms with E-state index < -0.39 is 12.8 Å². The van der Waals surface area contributed by atoms with Gasteiger partial charge in [-0.3, -0.25) is 0 Å². The molecule has 0 bridgehead atoms. The molecule has 0 saturated heterocycles. The molecule has 0 unspecified atom stereocenters. The molecule has 9 heteroatoms. The Kier molecular flexibility index (Phi) is 11.8. The van der Waals surface area contributed by atoms with Gasteiger partial charge in [0.15, 0.2) is 0 Å². The van der Waals surface area contributed by atoms with E-state index in [0.29, 0.717) is 38.3 Å². The monoisotopic (exact) mass is 439 g/mol. The Morgan fingerprint density at radius 1 is 0.909 bits per heavy atom. The second-order valence-corrected chi connectivity index (χ2v) is 14.4. The topological polar surface area (TPSA) is 40.2 Å². The van der Waals surface area contributed by atoms with E-state index in [-0.39, 0.29) is 0 Å². The van der Waals surface area contributed by atoms with Crippen LogP contribution in [0.25, 0.3) is 0 Å². The predicted molar refractivity (Wildman–Crippen MR) is 99.6 cm³/mol. The molecule has 0 rings (SSSR count). The molecule has 0 aromatic rings. The second-order valence-electron chi connectivity index (χ2n) is 5.64. The molecule has 0 N–H and O–H groups in total. The van der Waals surface area contributed by atoms with E-state index in [1.807, 2.05) is 25.3 Å². The van der Waals surface area contributed by atoms with Gasteiger partial charge in [-0.1, -0.05) is 0 Å². The van der Waals surface area contributed by atoms with Crippen LogP contribution in [0.2, 0.25) is 0 Å². The van der Waals surface area contributed by atoms with Gasteiger partial charge in [-0.05, 0) is 0 Å². The fraction of sp³-hybridized carbons (Fsp3) is 1.00. The molecule has 22 heavy (non-hydrogen) atoms. The molecule has 0 aromatic carbocycles. The maximum absolute atomic E-state index is 6.10. The molecule has 0 aliphatic rings. The first-order valence-electron chi connectivity index (χ1n) is 7.64. The summed E-state index contributed by atoms with van der Waals surface area (Å²) < 4.78 is 25.6. The van der Waals surface area contributed by atoms with E-state index >= 15 is 0 Å². The van der Waals surface area contributed by atoms with Crippen LogP contribution < -0.4 is 0 Å². The Hall–Kier alpha value is 1.40. The molecule has 0 aliphatic carbocycles. The van der Waals surface area contributed by atoms with E-state index in [4.69, 9.17) is 29.9 Å². The van der Waals surface area contributed by atoms with E-state index in [0.717, 1.165) is 0 Å². The van der Waals surface area contributed by atoms with Crippen molar-refractivity contribution in [2.45, 2.75) is 41.5 Å². The molecule has 5 nitrogen and oxygen atoms in total.